The van der Waals surface area contributed by atoms with Crippen LogP contribution in [0.4, 0.5) is 16.2 Å². The summed E-state index contributed by atoms with van der Waals surface area (Å²) in [6.07, 6.45) is 1.82. The number of likely N-dealkylation sites (N-methyl/N-ethyl adjacent to an activating group) is 1. The van der Waals surface area contributed by atoms with E-state index in [2.05, 4.69) is 21.3 Å². The number of aliphatic carboxylic acids is 1. The SMILES string of the molecule is CCC(C)[C@@H](C(=O)NCC[C@H](NC(=O)[C@@H]1CCCCN1S(=O)(=O)c1ccccc1)C(=O)O)N(C)C(=O)Cc1ccc(NC(=O)Nc2ccccc2C)cc1. The molecule has 14 nitrogen and oxygen atoms in total. The molecule has 1 unspecified atom stereocenters. The van der Waals surface area contributed by atoms with Crippen LogP contribution in [0.15, 0.2) is 83.8 Å². The van der Waals surface area contributed by atoms with Gasteiger partial charge in [0.2, 0.25) is 27.7 Å². The molecule has 4 atom stereocenters. The van der Waals surface area contributed by atoms with Crippen molar-refractivity contribution in [3.63, 3.8) is 0 Å². The zero-order chi connectivity index (χ0) is 39.4. The third-order valence-electron chi connectivity index (χ3n) is 9.68. The number of carbonyl (C=O) groups excluding carboxylic acids is 4. The lowest BCUT2D eigenvalue weighted by Crippen LogP contribution is -2.55. The molecule has 290 valence electrons. The molecule has 1 fully saturated rings. The minimum Gasteiger partial charge on any atom is -0.480 e. The first kappa shape index (κ1) is 41.5. The van der Waals surface area contributed by atoms with Crippen LogP contribution in [0.2, 0.25) is 0 Å². The molecule has 0 bridgehead atoms. The Hall–Kier alpha value is -5.28. The molecular weight excluding hydrogens is 713 g/mol. The second-order valence-corrected chi connectivity index (χ2v) is 15.4. The molecule has 0 spiro atoms. The number of amides is 5. The number of sulfonamides is 1. The standard InChI is InChI=1S/C39H50N6O8S/c1-5-26(2)35(44(4)34(46)25-28-18-20-29(21-19-28)41-39(51)43-31-16-10-9-13-27(31)3)37(48)40-23-22-32(38(49)50)42-36(47)33-17-11-12-24-45(33)54(52,53)30-14-7-6-8-15-30/h6-10,13-16,18-21,26,32-33,35H,5,11-12,17,22-25H2,1-4H3,(H,40,48)(H,42,47)(H,49,50)(H2,41,43,51)/t26?,32-,33-,35-/m0/s1. The molecule has 0 aliphatic carbocycles. The van der Waals surface area contributed by atoms with Crippen molar-refractivity contribution in [3.05, 3.63) is 90.0 Å². The number of nitrogens with one attached hydrogen (secondary N) is 4. The first-order valence-corrected chi connectivity index (χ1v) is 19.5. The van der Waals surface area contributed by atoms with Crippen molar-refractivity contribution in [1.29, 1.82) is 0 Å². The van der Waals surface area contributed by atoms with Gasteiger partial charge in [-0.2, -0.15) is 4.31 Å². The first-order valence-electron chi connectivity index (χ1n) is 18.1. The minimum absolute atomic E-state index is 0.00228. The smallest absolute Gasteiger partial charge is 0.326 e. The molecule has 0 saturated carbocycles. The molecule has 1 aliphatic rings. The van der Waals surface area contributed by atoms with Crippen LogP contribution >= 0.6 is 0 Å². The third kappa shape index (κ3) is 10.9. The van der Waals surface area contributed by atoms with Crippen molar-refractivity contribution < 1.29 is 37.5 Å². The zero-order valence-electron chi connectivity index (χ0n) is 31.1. The van der Waals surface area contributed by atoms with E-state index in [9.17, 15) is 37.5 Å². The summed E-state index contributed by atoms with van der Waals surface area (Å²) in [6, 6.07) is 18.3. The van der Waals surface area contributed by atoms with Gasteiger partial charge in [0.25, 0.3) is 0 Å². The highest BCUT2D eigenvalue weighted by atomic mass is 32.2. The molecule has 15 heteroatoms. The van der Waals surface area contributed by atoms with Gasteiger partial charge in [0, 0.05) is 31.5 Å². The van der Waals surface area contributed by atoms with Gasteiger partial charge in [0.05, 0.1) is 11.3 Å². The fourth-order valence-corrected chi connectivity index (χ4v) is 8.03. The van der Waals surface area contributed by atoms with E-state index in [1.165, 1.54) is 17.0 Å². The number of carboxylic acids is 1. The number of benzene rings is 3. The maximum absolute atomic E-state index is 13.5. The normalized spacial score (nSPS) is 16.3. The van der Waals surface area contributed by atoms with E-state index in [0.29, 0.717) is 36.2 Å². The van der Waals surface area contributed by atoms with Crippen LogP contribution in [0.3, 0.4) is 0 Å². The number of urea groups is 1. The van der Waals surface area contributed by atoms with E-state index < -0.39 is 52.0 Å². The number of carboxylic acid groups (broad SMARTS) is 1. The minimum atomic E-state index is -4.00. The lowest BCUT2D eigenvalue weighted by molar-refractivity contribution is -0.143. The maximum Gasteiger partial charge on any atom is 0.326 e. The molecular formula is C39H50N6O8S. The van der Waals surface area contributed by atoms with E-state index in [4.69, 9.17) is 0 Å². The molecule has 1 aliphatic heterocycles. The Kier molecular flexibility index (Phi) is 14.7. The van der Waals surface area contributed by atoms with Crippen LogP contribution in [-0.4, -0.2) is 90.7 Å². The second kappa shape index (κ2) is 19.2. The van der Waals surface area contributed by atoms with Gasteiger partial charge in [-0.3, -0.25) is 14.4 Å². The molecule has 4 rings (SSSR count). The van der Waals surface area contributed by atoms with E-state index >= 15 is 0 Å². The second-order valence-electron chi connectivity index (χ2n) is 13.5. The predicted molar refractivity (Wildman–Crippen MR) is 205 cm³/mol. The largest absolute Gasteiger partial charge is 0.480 e. The van der Waals surface area contributed by atoms with Gasteiger partial charge < -0.3 is 31.3 Å². The molecule has 0 aromatic heterocycles. The van der Waals surface area contributed by atoms with E-state index in [-0.39, 0.29) is 49.1 Å². The number of piperidine rings is 1. The van der Waals surface area contributed by atoms with Crippen LogP contribution in [0, 0.1) is 12.8 Å². The highest BCUT2D eigenvalue weighted by molar-refractivity contribution is 7.89. The van der Waals surface area contributed by atoms with Crippen molar-refractivity contribution in [1.82, 2.24) is 19.8 Å². The van der Waals surface area contributed by atoms with Crippen LogP contribution in [0.25, 0.3) is 0 Å². The molecule has 1 heterocycles. The van der Waals surface area contributed by atoms with Crippen molar-refractivity contribution in [2.45, 2.75) is 82.3 Å². The van der Waals surface area contributed by atoms with Crippen LogP contribution in [-0.2, 0) is 35.6 Å². The van der Waals surface area contributed by atoms with Gasteiger partial charge in [-0.15, -0.1) is 0 Å². The van der Waals surface area contributed by atoms with Gasteiger partial charge in [-0.25, -0.2) is 18.0 Å². The lowest BCUT2D eigenvalue weighted by Gasteiger charge is -2.34. The average Bonchev–Trinajstić information content (AvgIpc) is 3.16. The van der Waals surface area contributed by atoms with Gasteiger partial charge in [0.15, 0.2) is 0 Å². The summed E-state index contributed by atoms with van der Waals surface area (Å²) in [5.74, 6) is -3.07. The average molecular weight is 763 g/mol. The molecule has 5 N–H and O–H groups in total. The molecule has 0 radical (unpaired) electrons. The van der Waals surface area contributed by atoms with Crippen LogP contribution < -0.4 is 21.3 Å². The topological polar surface area (TPSA) is 194 Å². The first-order chi connectivity index (χ1) is 25.7. The highest BCUT2D eigenvalue weighted by Gasteiger charge is 2.39. The molecule has 3 aromatic rings. The Morgan fingerprint density at radius 3 is 2.24 bits per heavy atom. The summed E-state index contributed by atoms with van der Waals surface area (Å²) in [5.41, 5.74) is 2.82. The summed E-state index contributed by atoms with van der Waals surface area (Å²) in [4.78, 5) is 66.3. The number of nitrogens with zero attached hydrogens (tertiary/aromatic N) is 2. The Bertz CT molecular complexity index is 1890. The summed E-state index contributed by atoms with van der Waals surface area (Å²) >= 11 is 0. The van der Waals surface area contributed by atoms with Crippen molar-refractivity contribution in [2.75, 3.05) is 30.8 Å². The molecule has 1 saturated heterocycles. The number of hydrogen-bond acceptors (Lipinski definition) is 7. The quantitative estimate of drug-likeness (QED) is 0.142. The van der Waals surface area contributed by atoms with Crippen LogP contribution in [0.1, 0.15) is 57.1 Å². The van der Waals surface area contributed by atoms with E-state index in [0.717, 1.165) is 9.87 Å². The maximum atomic E-state index is 13.5. The number of rotatable bonds is 16. The Morgan fingerprint density at radius 2 is 1.59 bits per heavy atom. The lowest BCUT2D eigenvalue weighted by atomic mass is 9.96. The fourth-order valence-electron chi connectivity index (χ4n) is 6.35. The molecule has 54 heavy (non-hydrogen) atoms. The van der Waals surface area contributed by atoms with E-state index in [1.807, 2.05) is 39.0 Å². The number of hydrogen-bond donors (Lipinski definition) is 5. The fraction of sp³-hybridized carbons (Fsp3) is 0.410. The summed E-state index contributed by atoms with van der Waals surface area (Å²) < 4.78 is 27.9. The molecule has 3 aromatic carbocycles. The molecule has 5 amide bonds. The van der Waals surface area contributed by atoms with Gasteiger partial charge in [-0.1, -0.05) is 75.2 Å². The van der Waals surface area contributed by atoms with Crippen LogP contribution in [0.5, 0.6) is 0 Å². The Labute approximate surface area is 316 Å². The number of carbonyl (C=O) groups is 5. The van der Waals surface area contributed by atoms with Crippen molar-refractivity contribution >= 4 is 51.1 Å². The third-order valence-corrected chi connectivity index (χ3v) is 11.6. The highest BCUT2D eigenvalue weighted by Crippen LogP contribution is 2.26. The van der Waals surface area contributed by atoms with E-state index in [1.54, 1.807) is 55.6 Å². The predicted octanol–water partition coefficient (Wildman–Crippen LogP) is 4.37. The number of anilines is 2. The van der Waals surface area contributed by atoms with Crippen molar-refractivity contribution in [2.24, 2.45) is 5.92 Å². The number of para-hydroxylation sites is 1. The summed E-state index contributed by atoms with van der Waals surface area (Å²) in [5, 5.41) is 20.7. The zero-order valence-corrected chi connectivity index (χ0v) is 31.9. The van der Waals surface area contributed by atoms with Gasteiger partial charge in [-0.05, 0) is 73.6 Å². The van der Waals surface area contributed by atoms with Gasteiger partial charge >= 0.3 is 12.0 Å². The van der Waals surface area contributed by atoms with Gasteiger partial charge in [0.1, 0.15) is 18.1 Å². The Morgan fingerprint density at radius 1 is 0.926 bits per heavy atom. The van der Waals surface area contributed by atoms with Crippen molar-refractivity contribution in [3.8, 4) is 0 Å². The number of aryl methyl sites for hydroxylation is 1. The summed E-state index contributed by atoms with van der Waals surface area (Å²) in [7, 11) is -2.45. The monoisotopic (exact) mass is 762 g/mol. The Balaban J connectivity index is 1.32. The summed E-state index contributed by atoms with van der Waals surface area (Å²) in [6.45, 7) is 5.64.